The summed E-state index contributed by atoms with van der Waals surface area (Å²) in [5, 5.41) is 0.553. The first kappa shape index (κ1) is 26.0. The minimum Gasteiger partial charge on any atom is -0.458 e. The van der Waals surface area contributed by atoms with E-state index in [1.165, 1.54) is 6.08 Å². The van der Waals surface area contributed by atoms with Gasteiger partial charge < -0.3 is 14.5 Å². The van der Waals surface area contributed by atoms with Gasteiger partial charge in [0.15, 0.2) is 5.82 Å². The van der Waals surface area contributed by atoms with Crippen LogP contribution in [0.25, 0.3) is 11.4 Å². The maximum atomic E-state index is 13.8. The number of piperazine rings is 1. The van der Waals surface area contributed by atoms with Crippen LogP contribution in [0.2, 0.25) is 5.02 Å². The van der Waals surface area contributed by atoms with Gasteiger partial charge in [-0.25, -0.2) is 14.8 Å². The molecule has 1 aromatic heterocycles. The topological polar surface area (TPSA) is 92.7 Å². The van der Waals surface area contributed by atoms with Gasteiger partial charge in [-0.05, 0) is 38.1 Å². The fraction of sp³-hybridized carbons (Fsp3) is 0.250. The molecule has 1 saturated heterocycles. The lowest BCUT2D eigenvalue weighted by Gasteiger charge is -2.40. The molecule has 1 atom stereocenters. The molecule has 0 saturated carbocycles. The van der Waals surface area contributed by atoms with Crippen LogP contribution < -0.4 is 0 Å². The van der Waals surface area contributed by atoms with Crippen molar-refractivity contribution in [1.82, 2.24) is 19.8 Å². The number of halogens is 1. The van der Waals surface area contributed by atoms with Gasteiger partial charge in [0.25, 0.3) is 11.8 Å². The molecule has 1 aliphatic heterocycles. The Hall–Kier alpha value is -4.04. The predicted molar refractivity (Wildman–Crippen MR) is 141 cm³/mol. The van der Waals surface area contributed by atoms with E-state index in [-0.39, 0.29) is 42.9 Å². The van der Waals surface area contributed by atoms with Crippen LogP contribution in [-0.4, -0.2) is 69.8 Å². The highest BCUT2D eigenvalue weighted by molar-refractivity contribution is 6.30. The highest BCUT2D eigenvalue weighted by Crippen LogP contribution is 2.23. The Morgan fingerprint density at radius 2 is 1.76 bits per heavy atom. The average Bonchev–Trinajstić information content (AvgIpc) is 2.91. The minimum absolute atomic E-state index is 0.00510. The van der Waals surface area contributed by atoms with E-state index in [0.717, 1.165) is 5.56 Å². The zero-order chi connectivity index (χ0) is 26.5. The largest absolute Gasteiger partial charge is 0.458 e. The predicted octanol–water partition coefficient (Wildman–Crippen LogP) is 4.43. The molecule has 4 rings (SSSR count). The molecule has 3 aromatic rings. The number of nitrogens with zero attached hydrogens (tertiary/aromatic N) is 4. The van der Waals surface area contributed by atoms with Crippen LogP contribution in [-0.2, 0) is 4.74 Å². The van der Waals surface area contributed by atoms with Crippen LogP contribution in [0.4, 0.5) is 0 Å². The van der Waals surface area contributed by atoms with Crippen molar-refractivity contribution in [2.75, 3.05) is 26.2 Å². The van der Waals surface area contributed by atoms with E-state index >= 15 is 0 Å². The molecular formula is C28H27ClN4O4. The van der Waals surface area contributed by atoms with Gasteiger partial charge in [-0.3, -0.25) is 9.59 Å². The molecule has 37 heavy (non-hydrogen) atoms. The summed E-state index contributed by atoms with van der Waals surface area (Å²) >= 11 is 5.95. The summed E-state index contributed by atoms with van der Waals surface area (Å²) in [5.41, 5.74) is 1.60. The number of benzene rings is 2. The molecular weight excluding hydrogens is 492 g/mol. The van der Waals surface area contributed by atoms with Gasteiger partial charge >= 0.3 is 5.97 Å². The first-order valence-electron chi connectivity index (χ1n) is 11.9. The molecule has 1 unspecified atom stereocenters. The summed E-state index contributed by atoms with van der Waals surface area (Å²) < 4.78 is 5.24. The number of esters is 1. The lowest BCUT2D eigenvalue weighted by atomic mass is 10.1. The van der Waals surface area contributed by atoms with Crippen molar-refractivity contribution in [3.63, 3.8) is 0 Å². The van der Waals surface area contributed by atoms with Crippen molar-refractivity contribution < 1.29 is 19.1 Å². The fourth-order valence-electron chi connectivity index (χ4n) is 4.25. The zero-order valence-electron chi connectivity index (χ0n) is 20.7. The lowest BCUT2D eigenvalue weighted by molar-refractivity contribution is 0.0407. The summed E-state index contributed by atoms with van der Waals surface area (Å²) in [7, 11) is 0. The number of rotatable bonds is 6. The van der Waals surface area contributed by atoms with E-state index < -0.39 is 11.9 Å². The Balaban J connectivity index is 1.62. The van der Waals surface area contributed by atoms with Gasteiger partial charge in [-0.1, -0.05) is 54.6 Å². The van der Waals surface area contributed by atoms with Gasteiger partial charge in [0, 0.05) is 41.8 Å². The van der Waals surface area contributed by atoms with E-state index in [4.69, 9.17) is 16.3 Å². The summed E-state index contributed by atoms with van der Waals surface area (Å²) in [5.74, 6) is -0.899. The van der Waals surface area contributed by atoms with Crippen LogP contribution in [0.5, 0.6) is 0 Å². The maximum Gasteiger partial charge on any atom is 0.342 e. The molecule has 190 valence electrons. The number of hydrogen-bond acceptors (Lipinski definition) is 6. The maximum absolute atomic E-state index is 13.8. The fourth-order valence-corrected chi connectivity index (χ4v) is 4.37. The second-order valence-electron chi connectivity index (χ2n) is 8.72. The summed E-state index contributed by atoms with van der Waals surface area (Å²) in [6.45, 7) is 8.00. The van der Waals surface area contributed by atoms with E-state index in [0.29, 0.717) is 28.6 Å². The Bertz CT molecular complexity index is 1330. The molecule has 9 heteroatoms. The molecule has 0 N–H and O–H groups in total. The number of hydrogen-bond donors (Lipinski definition) is 0. The molecule has 0 aliphatic carbocycles. The molecule has 2 aromatic carbocycles. The number of amides is 2. The highest BCUT2D eigenvalue weighted by atomic mass is 35.5. The second kappa shape index (κ2) is 11.3. The van der Waals surface area contributed by atoms with E-state index in [1.54, 1.807) is 41.0 Å². The van der Waals surface area contributed by atoms with E-state index in [2.05, 4.69) is 16.5 Å². The molecule has 2 heterocycles. The van der Waals surface area contributed by atoms with Crippen molar-refractivity contribution >= 4 is 29.4 Å². The van der Waals surface area contributed by atoms with Gasteiger partial charge in [0.1, 0.15) is 17.9 Å². The molecule has 8 nitrogen and oxygen atoms in total. The van der Waals surface area contributed by atoms with Crippen LogP contribution >= 0.6 is 11.6 Å². The van der Waals surface area contributed by atoms with Crippen molar-refractivity contribution in [2.24, 2.45) is 0 Å². The molecule has 0 spiro atoms. The average molecular weight is 519 g/mol. The van der Waals surface area contributed by atoms with Crippen molar-refractivity contribution in [2.45, 2.75) is 19.9 Å². The van der Waals surface area contributed by atoms with Crippen molar-refractivity contribution in [1.29, 1.82) is 0 Å². The SMILES string of the molecule is C=CCOC(=O)c1c(C)nc(-c2ccccc2)nc1C(=O)N1CCN(C(=O)c2ccc(Cl)cc2)C(C)C1. The molecule has 0 radical (unpaired) electrons. The third kappa shape index (κ3) is 5.70. The molecule has 0 bridgehead atoms. The summed E-state index contributed by atoms with van der Waals surface area (Å²) in [6.07, 6.45) is 1.45. The van der Waals surface area contributed by atoms with E-state index in [1.807, 2.05) is 37.3 Å². The number of carbonyl (C=O) groups is 3. The molecule has 1 fully saturated rings. The third-order valence-electron chi connectivity index (χ3n) is 6.13. The van der Waals surface area contributed by atoms with Crippen LogP contribution in [0.3, 0.4) is 0 Å². The van der Waals surface area contributed by atoms with Crippen molar-refractivity contribution in [3.8, 4) is 11.4 Å². The summed E-state index contributed by atoms with van der Waals surface area (Å²) in [4.78, 5) is 52.0. The van der Waals surface area contributed by atoms with Crippen LogP contribution in [0, 0.1) is 6.92 Å². The summed E-state index contributed by atoms with van der Waals surface area (Å²) in [6, 6.07) is 15.7. The Morgan fingerprint density at radius 3 is 2.41 bits per heavy atom. The Kier molecular flexibility index (Phi) is 7.98. The lowest BCUT2D eigenvalue weighted by Crippen LogP contribution is -2.55. The van der Waals surface area contributed by atoms with Gasteiger partial charge in [-0.2, -0.15) is 0 Å². The third-order valence-corrected chi connectivity index (χ3v) is 6.38. The Labute approximate surface area is 220 Å². The molecule has 2 amide bonds. The number of carbonyl (C=O) groups excluding carboxylic acids is 3. The minimum atomic E-state index is -0.690. The monoisotopic (exact) mass is 518 g/mol. The smallest absolute Gasteiger partial charge is 0.342 e. The quantitative estimate of drug-likeness (QED) is 0.354. The van der Waals surface area contributed by atoms with Gasteiger partial charge in [0.2, 0.25) is 0 Å². The van der Waals surface area contributed by atoms with Gasteiger partial charge in [0.05, 0.1) is 5.69 Å². The van der Waals surface area contributed by atoms with Crippen LogP contribution in [0.15, 0.2) is 67.3 Å². The van der Waals surface area contributed by atoms with Crippen molar-refractivity contribution in [3.05, 3.63) is 94.8 Å². The second-order valence-corrected chi connectivity index (χ2v) is 9.15. The molecule has 1 aliphatic rings. The van der Waals surface area contributed by atoms with E-state index in [9.17, 15) is 14.4 Å². The van der Waals surface area contributed by atoms with Gasteiger partial charge in [-0.15, -0.1) is 0 Å². The van der Waals surface area contributed by atoms with Crippen LogP contribution in [0.1, 0.15) is 43.8 Å². The standard InChI is InChI=1S/C28H27ClN4O4/c1-4-16-37-28(36)23-19(3)30-25(20-8-6-5-7-9-20)31-24(23)27(35)32-14-15-33(18(2)17-32)26(34)21-10-12-22(29)13-11-21/h4-13,18H,1,14-17H2,2-3H3. The first-order valence-corrected chi connectivity index (χ1v) is 12.3. The Morgan fingerprint density at radius 1 is 1.05 bits per heavy atom. The first-order chi connectivity index (χ1) is 17.8. The zero-order valence-corrected chi connectivity index (χ0v) is 21.4. The number of aryl methyl sites for hydroxylation is 1. The number of aromatic nitrogens is 2. The normalized spacial score (nSPS) is 15.3. The number of ether oxygens (including phenoxy) is 1. The highest BCUT2D eigenvalue weighted by Gasteiger charge is 2.34.